The van der Waals surface area contributed by atoms with Gasteiger partial charge in [-0.15, -0.1) is 6.58 Å². The van der Waals surface area contributed by atoms with Crippen LogP contribution >= 0.6 is 15.9 Å². The molecule has 0 aliphatic carbocycles. The normalized spacial score (nSPS) is 13.9. The van der Waals surface area contributed by atoms with Gasteiger partial charge in [0, 0.05) is 6.04 Å². The number of nitrogens with one attached hydrogen (secondary N) is 1. The summed E-state index contributed by atoms with van der Waals surface area (Å²) in [5.74, 6) is 0.662. The van der Waals surface area contributed by atoms with E-state index in [1.807, 2.05) is 0 Å². The van der Waals surface area contributed by atoms with Crippen LogP contribution < -0.4 is 10.9 Å². The predicted molar refractivity (Wildman–Crippen MR) is 83.6 cm³/mol. The third kappa shape index (κ3) is 4.49. The molecule has 0 aliphatic heterocycles. The number of hydrogen-bond acceptors (Lipinski definition) is 3. The summed E-state index contributed by atoms with van der Waals surface area (Å²) in [4.78, 5) is 12.0. The number of allylic oxidation sites excluding steroid dienone is 1. The molecule has 0 aliphatic rings. The van der Waals surface area contributed by atoms with Crippen LogP contribution in [0.5, 0.6) is 0 Å². The van der Waals surface area contributed by atoms with E-state index in [-0.39, 0.29) is 5.56 Å². The van der Waals surface area contributed by atoms with Crippen LogP contribution in [0.1, 0.15) is 33.6 Å². The molecule has 1 N–H and O–H groups in total. The Labute approximate surface area is 123 Å². The van der Waals surface area contributed by atoms with Crippen molar-refractivity contribution in [3.8, 4) is 0 Å². The van der Waals surface area contributed by atoms with Crippen LogP contribution in [-0.4, -0.2) is 15.8 Å². The molecule has 4 nitrogen and oxygen atoms in total. The SMILES string of the molecule is C=CCn1ncc(NC(C)CC(C)CC)c(Br)c1=O. The van der Waals surface area contributed by atoms with E-state index >= 15 is 0 Å². The standard InChI is InChI=1S/C14H22BrN3O/c1-5-7-18-14(19)13(15)12(9-16-18)17-11(4)8-10(3)6-2/h5,9-11,17H,1,6-8H2,2-4H3. The van der Waals surface area contributed by atoms with Gasteiger partial charge in [-0.25, -0.2) is 4.68 Å². The molecule has 5 heteroatoms. The van der Waals surface area contributed by atoms with Gasteiger partial charge in [-0.05, 0) is 35.2 Å². The lowest BCUT2D eigenvalue weighted by molar-refractivity contribution is 0.483. The maximum Gasteiger partial charge on any atom is 0.283 e. The van der Waals surface area contributed by atoms with Crippen molar-refractivity contribution in [2.45, 2.75) is 46.2 Å². The highest BCUT2D eigenvalue weighted by Crippen LogP contribution is 2.19. The van der Waals surface area contributed by atoms with E-state index in [0.29, 0.717) is 23.0 Å². The van der Waals surface area contributed by atoms with Crippen LogP contribution in [0.15, 0.2) is 28.1 Å². The van der Waals surface area contributed by atoms with Crippen molar-refractivity contribution in [1.29, 1.82) is 0 Å². The van der Waals surface area contributed by atoms with Crippen LogP contribution in [-0.2, 0) is 6.54 Å². The average molecular weight is 328 g/mol. The van der Waals surface area contributed by atoms with Crippen LogP contribution in [0.3, 0.4) is 0 Å². The second-order valence-electron chi connectivity index (χ2n) is 4.94. The summed E-state index contributed by atoms with van der Waals surface area (Å²) >= 11 is 3.34. The van der Waals surface area contributed by atoms with Gasteiger partial charge >= 0.3 is 0 Å². The highest BCUT2D eigenvalue weighted by atomic mass is 79.9. The van der Waals surface area contributed by atoms with E-state index in [1.54, 1.807) is 12.3 Å². The second-order valence-corrected chi connectivity index (χ2v) is 5.74. The molecule has 0 fully saturated rings. The Hall–Kier alpha value is -1.10. The Balaban J connectivity index is 2.82. The third-order valence-electron chi connectivity index (χ3n) is 3.14. The molecule has 2 atom stereocenters. The number of halogens is 1. The Bertz CT molecular complexity index is 484. The monoisotopic (exact) mass is 327 g/mol. The highest BCUT2D eigenvalue weighted by Gasteiger charge is 2.12. The Morgan fingerprint density at radius 1 is 1.58 bits per heavy atom. The van der Waals surface area contributed by atoms with Gasteiger partial charge < -0.3 is 5.32 Å². The predicted octanol–water partition coefficient (Wildman–Crippen LogP) is 3.43. The van der Waals surface area contributed by atoms with E-state index in [9.17, 15) is 4.79 Å². The van der Waals surface area contributed by atoms with Crippen LogP contribution in [0.4, 0.5) is 5.69 Å². The molecule has 2 unspecified atom stereocenters. The largest absolute Gasteiger partial charge is 0.380 e. The van der Waals surface area contributed by atoms with Gasteiger partial charge in [-0.1, -0.05) is 26.3 Å². The van der Waals surface area contributed by atoms with Crippen LogP contribution in [0.25, 0.3) is 0 Å². The summed E-state index contributed by atoms with van der Waals surface area (Å²) in [5.41, 5.74) is 0.613. The zero-order valence-electron chi connectivity index (χ0n) is 11.8. The van der Waals surface area contributed by atoms with Gasteiger partial charge in [0.15, 0.2) is 0 Å². The summed E-state index contributed by atoms with van der Waals surface area (Å²) in [6.07, 6.45) is 5.56. The first-order valence-corrected chi connectivity index (χ1v) is 7.41. The first kappa shape index (κ1) is 16.0. The molecule has 1 aromatic rings. The van der Waals surface area contributed by atoms with Crippen molar-refractivity contribution in [2.24, 2.45) is 5.92 Å². The highest BCUT2D eigenvalue weighted by molar-refractivity contribution is 9.10. The fourth-order valence-electron chi connectivity index (χ4n) is 1.91. The van der Waals surface area contributed by atoms with Crippen molar-refractivity contribution in [3.63, 3.8) is 0 Å². The summed E-state index contributed by atoms with van der Waals surface area (Å²) in [7, 11) is 0. The Morgan fingerprint density at radius 3 is 2.84 bits per heavy atom. The minimum absolute atomic E-state index is 0.138. The lowest BCUT2D eigenvalue weighted by atomic mass is 10.0. The Kier molecular flexibility index (Phi) is 6.28. The van der Waals surface area contributed by atoms with E-state index in [2.05, 4.69) is 53.7 Å². The van der Waals surface area contributed by atoms with Crippen molar-refractivity contribution in [2.75, 3.05) is 5.32 Å². The maximum absolute atomic E-state index is 12.0. The van der Waals surface area contributed by atoms with E-state index in [0.717, 1.165) is 18.5 Å². The molecular formula is C14H22BrN3O. The van der Waals surface area contributed by atoms with Crippen LogP contribution in [0.2, 0.25) is 0 Å². The molecule has 1 aromatic heterocycles. The average Bonchev–Trinajstić information content (AvgIpc) is 2.38. The van der Waals surface area contributed by atoms with Gasteiger partial charge in [0.05, 0.1) is 18.4 Å². The maximum atomic E-state index is 12.0. The van der Waals surface area contributed by atoms with Gasteiger partial charge in [0.1, 0.15) is 4.47 Å². The first-order valence-electron chi connectivity index (χ1n) is 6.62. The zero-order valence-corrected chi connectivity index (χ0v) is 13.4. The number of rotatable bonds is 7. The fraction of sp³-hybridized carbons (Fsp3) is 0.571. The molecule has 0 bridgehead atoms. The first-order chi connectivity index (χ1) is 8.99. The van der Waals surface area contributed by atoms with Crippen molar-refractivity contribution >= 4 is 21.6 Å². The summed E-state index contributed by atoms with van der Waals surface area (Å²) in [6.45, 7) is 10.6. The van der Waals surface area contributed by atoms with Gasteiger partial charge in [0.25, 0.3) is 5.56 Å². The number of aromatic nitrogens is 2. The van der Waals surface area contributed by atoms with Crippen molar-refractivity contribution < 1.29 is 0 Å². The molecule has 0 amide bonds. The molecular weight excluding hydrogens is 306 g/mol. The Morgan fingerprint density at radius 2 is 2.26 bits per heavy atom. The molecule has 0 saturated carbocycles. The molecule has 19 heavy (non-hydrogen) atoms. The van der Waals surface area contributed by atoms with Crippen molar-refractivity contribution in [1.82, 2.24) is 9.78 Å². The second kappa shape index (κ2) is 7.48. The quantitative estimate of drug-likeness (QED) is 0.780. The van der Waals surface area contributed by atoms with Gasteiger partial charge in [-0.2, -0.15) is 5.10 Å². The summed E-state index contributed by atoms with van der Waals surface area (Å²) in [5, 5.41) is 7.46. The molecule has 0 radical (unpaired) electrons. The molecule has 1 rings (SSSR count). The number of nitrogens with zero attached hydrogens (tertiary/aromatic N) is 2. The molecule has 1 heterocycles. The topological polar surface area (TPSA) is 46.9 Å². The summed E-state index contributed by atoms with van der Waals surface area (Å²) in [6, 6.07) is 0.308. The number of hydrogen-bond donors (Lipinski definition) is 1. The van der Waals surface area contributed by atoms with Gasteiger partial charge in [0.2, 0.25) is 0 Å². The van der Waals surface area contributed by atoms with E-state index < -0.39 is 0 Å². The van der Waals surface area contributed by atoms with Crippen LogP contribution in [0, 0.1) is 5.92 Å². The fourth-order valence-corrected chi connectivity index (χ4v) is 2.33. The van der Waals surface area contributed by atoms with Gasteiger partial charge in [-0.3, -0.25) is 4.79 Å². The number of anilines is 1. The minimum atomic E-state index is -0.138. The van der Waals surface area contributed by atoms with E-state index in [4.69, 9.17) is 0 Å². The lowest BCUT2D eigenvalue weighted by Crippen LogP contribution is -2.26. The van der Waals surface area contributed by atoms with E-state index in [1.165, 1.54) is 4.68 Å². The molecule has 0 saturated heterocycles. The lowest BCUT2D eigenvalue weighted by Gasteiger charge is -2.19. The zero-order chi connectivity index (χ0) is 14.4. The summed E-state index contributed by atoms with van der Waals surface area (Å²) < 4.78 is 1.90. The molecule has 0 aromatic carbocycles. The molecule has 106 valence electrons. The smallest absolute Gasteiger partial charge is 0.283 e. The van der Waals surface area contributed by atoms with Crippen molar-refractivity contribution in [3.05, 3.63) is 33.7 Å². The minimum Gasteiger partial charge on any atom is -0.380 e. The third-order valence-corrected chi connectivity index (χ3v) is 3.91. The molecule has 0 spiro atoms.